The number of ether oxygens (including phenoxy) is 1. The van der Waals surface area contributed by atoms with Crippen molar-refractivity contribution in [2.75, 3.05) is 0 Å². The molecular formula is C22H15BrCl2N2O2. The summed E-state index contributed by atoms with van der Waals surface area (Å²) in [6.07, 6.45) is 3.90. The highest BCUT2D eigenvalue weighted by Gasteiger charge is 2.33. The first kappa shape index (κ1) is 18.9. The van der Waals surface area contributed by atoms with Crippen LogP contribution in [0.25, 0.3) is 22.2 Å². The van der Waals surface area contributed by atoms with E-state index in [9.17, 15) is 0 Å². The lowest BCUT2D eigenvalue weighted by atomic mass is 10.0. The predicted octanol–water partition coefficient (Wildman–Crippen LogP) is 7.42. The van der Waals surface area contributed by atoms with Crippen LogP contribution in [-0.2, 0) is 6.61 Å². The zero-order valence-electron chi connectivity index (χ0n) is 15.2. The largest absolute Gasteiger partial charge is 0.487 e. The summed E-state index contributed by atoms with van der Waals surface area (Å²) in [6.45, 7) is 0.302. The highest BCUT2D eigenvalue weighted by Crippen LogP contribution is 2.46. The number of hydrogen-bond donors (Lipinski definition) is 0. The molecule has 146 valence electrons. The fourth-order valence-corrected chi connectivity index (χ4v) is 4.28. The molecule has 7 heteroatoms. The van der Waals surface area contributed by atoms with Crippen molar-refractivity contribution < 1.29 is 9.26 Å². The molecule has 5 rings (SSSR count). The molecule has 1 aliphatic carbocycles. The second kappa shape index (κ2) is 7.63. The Labute approximate surface area is 185 Å². The SMILES string of the molecule is Clc1cccc(Cl)c1-c1noc(C2CC2)c1COc1cnc2cc(Br)ccc2c1. The molecule has 0 amide bonds. The Morgan fingerprint density at radius 3 is 2.66 bits per heavy atom. The quantitative estimate of drug-likeness (QED) is 0.292. The Hall–Kier alpha value is -2.08. The summed E-state index contributed by atoms with van der Waals surface area (Å²) in [5.74, 6) is 1.91. The summed E-state index contributed by atoms with van der Waals surface area (Å²) in [5.41, 5.74) is 3.10. The molecular weight excluding hydrogens is 475 g/mol. The van der Waals surface area contributed by atoms with Crippen LogP contribution in [0.3, 0.4) is 0 Å². The van der Waals surface area contributed by atoms with Gasteiger partial charge in [-0.3, -0.25) is 4.98 Å². The number of rotatable bonds is 5. The maximum Gasteiger partial charge on any atom is 0.147 e. The van der Waals surface area contributed by atoms with Crippen LogP contribution in [-0.4, -0.2) is 10.1 Å². The lowest BCUT2D eigenvalue weighted by molar-refractivity contribution is 0.300. The highest BCUT2D eigenvalue weighted by molar-refractivity contribution is 9.10. The topological polar surface area (TPSA) is 48.2 Å². The van der Waals surface area contributed by atoms with E-state index >= 15 is 0 Å². The Morgan fingerprint density at radius 2 is 1.90 bits per heavy atom. The van der Waals surface area contributed by atoms with E-state index in [0.29, 0.717) is 39.6 Å². The summed E-state index contributed by atoms with van der Waals surface area (Å²) in [7, 11) is 0. The molecule has 0 spiro atoms. The molecule has 0 N–H and O–H groups in total. The Balaban J connectivity index is 1.49. The molecule has 0 atom stereocenters. The number of aromatic nitrogens is 2. The minimum atomic E-state index is 0.302. The van der Waals surface area contributed by atoms with Crippen LogP contribution < -0.4 is 4.74 Å². The van der Waals surface area contributed by atoms with Crippen molar-refractivity contribution in [3.63, 3.8) is 0 Å². The van der Waals surface area contributed by atoms with E-state index < -0.39 is 0 Å². The van der Waals surface area contributed by atoms with Gasteiger partial charge in [0.25, 0.3) is 0 Å². The average Bonchev–Trinajstić information content (AvgIpc) is 3.47. The first-order valence-electron chi connectivity index (χ1n) is 9.21. The van der Waals surface area contributed by atoms with Gasteiger partial charge in [-0.15, -0.1) is 0 Å². The molecule has 0 bridgehead atoms. The van der Waals surface area contributed by atoms with E-state index in [1.807, 2.05) is 30.3 Å². The van der Waals surface area contributed by atoms with Crippen LogP contribution in [0.15, 0.2) is 57.7 Å². The van der Waals surface area contributed by atoms with E-state index in [4.69, 9.17) is 32.5 Å². The minimum absolute atomic E-state index is 0.302. The summed E-state index contributed by atoms with van der Waals surface area (Å²) in [4.78, 5) is 4.48. The first-order valence-corrected chi connectivity index (χ1v) is 10.8. The molecule has 0 aliphatic heterocycles. The maximum absolute atomic E-state index is 6.41. The highest BCUT2D eigenvalue weighted by atomic mass is 79.9. The van der Waals surface area contributed by atoms with Crippen LogP contribution in [0.4, 0.5) is 0 Å². The normalized spacial score (nSPS) is 13.8. The second-order valence-electron chi connectivity index (χ2n) is 7.04. The van der Waals surface area contributed by atoms with Crippen LogP contribution in [0.5, 0.6) is 5.75 Å². The number of hydrogen-bond acceptors (Lipinski definition) is 4. The molecule has 2 heterocycles. The van der Waals surface area contributed by atoms with E-state index in [1.165, 1.54) is 0 Å². The average molecular weight is 490 g/mol. The smallest absolute Gasteiger partial charge is 0.147 e. The van der Waals surface area contributed by atoms with Gasteiger partial charge in [-0.05, 0) is 43.2 Å². The van der Waals surface area contributed by atoms with E-state index in [2.05, 4.69) is 26.1 Å². The maximum atomic E-state index is 6.41. The van der Waals surface area contributed by atoms with Crippen molar-refractivity contribution in [3.05, 3.63) is 74.5 Å². The molecule has 4 nitrogen and oxygen atoms in total. The van der Waals surface area contributed by atoms with Gasteiger partial charge < -0.3 is 9.26 Å². The van der Waals surface area contributed by atoms with Crippen LogP contribution >= 0.6 is 39.1 Å². The predicted molar refractivity (Wildman–Crippen MR) is 118 cm³/mol. The lowest BCUT2D eigenvalue weighted by Gasteiger charge is -2.10. The van der Waals surface area contributed by atoms with Gasteiger partial charge in [0.1, 0.15) is 23.8 Å². The van der Waals surface area contributed by atoms with Gasteiger partial charge in [-0.25, -0.2) is 0 Å². The third kappa shape index (κ3) is 3.75. The van der Waals surface area contributed by atoms with Gasteiger partial charge >= 0.3 is 0 Å². The third-order valence-electron chi connectivity index (χ3n) is 4.97. The van der Waals surface area contributed by atoms with Crippen molar-refractivity contribution >= 4 is 50.0 Å². The Morgan fingerprint density at radius 1 is 1.10 bits per heavy atom. The molecule has 0 unspecified atom stereocenters. The third-order valence-corrected chi connectivity index (χ3v) is 6.09. The number of benzene rings is 2. The van der Waals surface area contributed by atoms with Gasteiger partial charge in [0.15, 0.2) is 0 Å². The van der Waals surface area contributed by atoms with E-state index in [0.717, 1.165) is 39.5 Å². The summed E-state index contributed by atoms with van der Waals surface area (Å²) in [6, 6.07) is 13.3. The molecule has 4 aromatic rings. The number of nitrogens with zero attached hydrogens (tertiary/aromatic N) is 2. The van der Waals surface area contributed by atoms with Crippen LogP contribution in [0, 0.1) is 0 Å². The minimum Gasteiger partial charge on any atom is -0.487 e. The summed E-state index contributed by atoms with van der Waals surface area (Å²) >= 11 is 16.3. The standard InChI is InChI=1S/C22H15BrCl2N2O2/c23-14-7-6-13-8-15(10-26-19(13)9-14)28-11-16-21(27-29-22(16)12-4-5-12)20-17(24)2-1-3-18(20)25/h1-3,6-10,12H,4-5,11H2. The summed E-state index contributed by atoms with van der Waals surface area (Å²) in [5, 5.41) is 6.37. The van der Waals surface area contributed by atoms with Crippen LogP contribution in [0.2, 0.25) is 10.0 Å². The molecule has 2 aromatic heterocycles. The fraction of sp³-hybridized carbons (Fsp3) is 0.182. The van der Waals surface area contributed by atoms with Crippen molar-refractivity contribution in [2.45, 2.75) is 25.4 Å². The zero-order valence-corrected chi connectivity index (χ0v) is 18.3. The van der Waals surface area contributed by atoms with E-state index in [1.54, 1.807) is 18.3 Å². The Kier molecular flexibility index (Phi) is 4.98. The van der Waals surface area contributed by atoms with Gasteiger partial charge in [0, 0.05) is 21.3 Å². The van der Waals surface area contributed by atoms with E-state index in [-0.39, 0.29) is 0 Å². The van der Waals surface area contributed by atoms with Crippen LogP contribution in [0.1, 0.15) is 30.1 Å². The molecule has 1 fully saturated rings. The van der Waals surface area contributed by atoms with Gasteiger partial charge in [0.05, 0.1) is 27.3 Å². The van der Waals surface area contributed by atoms with Gasteiger partial charge in [-0.1, -0.05) is 56.4 Å². The zero-order chi connectivity index (χ0) is 20.0. The van der Waals surface area contributed by atoms with Crippen molar-refractivity contribution in [1.29, 1.82) is 0 Å². The molecule has 1 aliphatic rings. The lowest BCUT2D eigenvalue weighted by Crippen LogP contribution is -2.00. The molecule has 1 saturated carbocycles. The molecule has 0 radical (unpaired) electrons. The first-order chi connectivity index (χ1) is 14.1. The van der Waals surface area contributed by atoms with Crippen molar-refractivity contribution in [3.8, 4) is 17.0 Å². The second-order valence-corrected chi connectivity index (χ2v) is 8.77. The monoisotopic (exact) mass is 488 g/mol. The molecule has 0 saturated heterocycles. The van der Waals surface area contributed by atoms with Crippen molar-refractivity contribution in [1.82, 2.24) is 10.1 Å². The number of halogens is 3. The van der Waals surface area contributed by atoms with Gasteiger partial charge in [-0.2, -0.15) is 0 Å². The molecule has 29 heavy (non-hydrogen) atoms. The van der Waals surface area contributed by atoms with Gasteiger partial charge in [0.2, 0.25) is 0 Å². The Bertz CT molecular complexity index is 1200. The fourth-order valence-electron chi connectivity index (χ4n) is 3.36. The molecule has 2 aromatic carbocycles. The number of pyridine rings is 1. The summed E-state index contributed by atoms with van der Waals surface area (Å²) < 4.78 is 12.8. The number of fused-ring (bicyclic) bond motifs is 1. The van der Waals surface area contributed by atoms with Crippen molar-refractivity contribution in [2.24, 2.45) is 0 Å².